The smallest absolute Gasteiger partial charge is 0.306 e. The highest BCUT2D eigenvalue weighted by Crippen LogP contribution is 2.18. The van der Waals surface area contributed by atoms with Crippen LogP contribution in [0.5, 0.6) is 0 Å². The summed E-state index contributed by atoms with van der Waals surface area (Å²) < 4.78 is 16.8. The average molecular weight is 974 g/mol. The maximum atomic E-state index is 12.7. The Balaban J connectivity index is 3.85. The fraction of sp³-hybridized carbons (Fsp3) is 0.921. The molecule has 1 atom stereocenters. The predicted octanol–water partition coefficient (Wildman–Crippen LogP) is 20.9. The summed E-state index contributed by atoms with van der Waals surface area (Å²) in [5, 5.41) is 0. The van der Waals surface area contributed by atoms with E-state index in [2.05, 4.69) is 32.9 Å². The molecule has 6 nitrogen and oxygen atoms in total. The molecule has 0 aliphatic rings. The second-order valence-electron chi connectivity index (χ2n) is 21.3. The van der Waals surface area contributed by atoms with E-state index in [0.29, 0.717) is 19.3 Å². The Morgan fingerprint density at radius 2 is 0.493 bits per heavy atom. The van der Waals surface area contributed by atoms with Gasteiger partial charge in [0, 0.05) is 19.3 Å². The lowest BCUT2D eigenvalue weighted by Gasteiger charge is -2.18. The molecule has 0 fully saturated rings. The van der Waals surface area contributed by atoms with E-state index in [-0.39, 0.29) is 31.1 Å². The highest BCUT2D eigenvalue weighted by molar-refractivity contribution is 5.71. The number of carbonyl (C=O) groups excluding carboxylic acids is 3. The van der Waals surface area contributed by atoms with Gasteiger partial charge < -0.3 is 14.2 Å². The number of rotatable bonds is 58. The summed E-state index contributed by atoms with van der Waals surface area (Å²) in [6.45, 7) is 6.60. The maximum Gasteiger partial charge on any atom is 0.306 e. The molecule has 0 rings (SSSR count). The van der Waals surface area contributed by atoms with Crippen LogP contribution in [0.2, 0.25) is 0 Å². The van der Waals surface area contributed by atoms with Gasteiger partial charge in [-0.25, -0.2) is 0 Å². The van der Waals surface area contributed by atoms with Crippen molar-refractivity contribution in [2.24, 2.45) is 0 Å². The molecule has 69 heavy (non-hydrogen) atoms. The summed E-state index contributed by atoms with van der Waals surface area (Å²) >= 11 is 0. The summed E-state index contributed by atoms with van der Waals surface area (Å²) in [7, 11) is 0. The van der Waals surface area contributed by atoms with Gasteiger partial charge in [-0.1, -0.05) is 309 Å². The van der Waals surface area contributed by atoms with E-state index in [1.54, 1.807) is 0 Å². The van der Waals surface area contributed by atoms with Crippen LogP contribution in [-0.2, 0) is 28.6 Å². The Kier molecular flexibility index (Phi) is 57.1. The zero-order valence-electron chi connectivity index (χ0n) is 46.9. The number of unbranched alkanes of at least 4 members (excludes halogenated alkanes) is 45. The van der Waals surface area contributed by atoms with Crippen LogP contribution >= 0.6 is 0 Å². The fourth-order valence-corrected chi connectivity index (χ4v) is 9.55. The first-order valence-electron chi connectivity index (χ1n) is 31.2. The van der Waals surface area contributed by atoms with Crippen molar-refractivity contribution in [3.8, 4) is 0 Å². The minimum Gasteiger partial charge on any atom is -0.462 e. The van der Waals surface area contributed by atoms with E-state index in [1.165, 1.54) is 250 Å². The molecule has 0 spiro atoms. The zero-order chi connectivity index (χ0) is 50.0. The third kappa shape index (κ3) is 56.9. The predicted molar refractivity (Wildman–Crippen MR) is 298 cm³/mol. The SMILES string of the molecule is CCCC/C=C\CCCCCCCC(=O)OC(COC(=O)CCCCCCCCC)COC(=O)CCCCCCCCCCCCCCCCCCCCCCCCCCCCCCCCCCC. The Labute approximate surface area is 431 Å². The van der Waals surface area contributed by atoms with Gasteiger partial charge in [0.05, 0.1) is 0 Å². The molecule has 0 aromatic heterocycles. The third-order valence-corrected chi connectivity index (χ3v) is 14.3. The average Bonchev–Trinajstić information content (AvgIpc) is 3.35. The number of ether oxygens (including phenoxy) is 3. The van der Waals surface area contributed by atoms with E-state index in [9.17, 15) is 14.4 Å². The van der Waals surface area contributed by atoms with Crippen molar-refractivity contribution in [3.05, 3.63) is 12.2 Å². The van der Waals surface area contributed by atoms with Crippen molar-refractivity contribution in [3.63, 3.8) is 0 Å². The molecule has 0 aromatic carbocycles. The van der Waals surface area contributed by atoms with Crippen LogP contribution in [0.1, 0.15) is 355 Å². The van der Waals surface area contributed by atoms with Gasteiger partial charge in [0.1, 0.15) is 13.2 Å². The minimum atomic E-state index is -0.767. The van der Waals surface area contributed by atoms with Crippen LogP contribution < -0.4 is 0 Å². The molecule has 0 aromatic rings. The lowest BCUT2D eigenvalue weighted by atomic mass is 10.0. The van der Waals surface area contributed by atoms with Gasteiger partial charge in [0.15, 0.2) is 6.10 Å². The molecule has 0 aliphatic carbocycles. The number of carbonyl (C=O) groups is 3. The van der Waals surface area contributed by atoms with Crippen LogP contribution in [0.15, 0.2) is 12.2 Å². The summed E-state index contributed by atoms with van der Waals surface area (Å²) in [5.41, 5.74) is 0. The summed E-state index contributed by atoms with van der Waals surface area (Å²) in [6.07, 6.45) is 68.5. The van der Waals surface area contributed by atoms with Gasteiger partial charge in [0.2, 0.25) is 0 Å². The van der Waals surface area contributed by atoms with E-state index in [4.69, 9.17) is 14.2 Å². The molecule has 6 heteroatoms. The van der Waals surface area contributed by atoms with Gasteiger partial charge in [0.25, 0.3) is 0 Å². The molecule has 0 heterocycles. The van der Waals surface area contributed by atoms with Crippen molar-refractivity contribution in [1.82, 2.24) is 0 Å². The monoisotopic (exact) mass is 973 g/mol. The molecule has 0 N–H and O–H groups in total. The summed E-state index contributed by atoms with van der Waals surface area (Å²) in [4.78, 5) is 37.8. The number of hydrogen-bond acceptors (Lipinski definition) is 6. The van der Waals surface area contributed by atoms with Crippen LogP contribution in [0, 0.1) is 0 Å². The first-order valence-corrected chi connectivity index (χ1v) is 31.2. The topological polar surface area (TPSA) is 78.9 Å². The van der Waals surface area contributed by atoms with Gasteiger partial charge in [-0.2, -0.15) is 0 Å². The van der Waals surface area contributed by atoms with Crippen LogP contribution in [0.25, 0.3) is 0 Å². The second kappa shape index (κ2) is 58.7. The van der Waals surface area contributed by atoms with Crippen molar-refractivity contribution >= 4 is 17.9 Å². The zero-order valence-corrected chi connectivity index (χ0v) is 46.9. The number of allylic oxidation sites excluding steroid dienone is 2. The van der Waals surface area contributed by atoms with Crippen molar-refractivity contribution in [2.75, 3.05) is 13.2 Å². The molecule has 408 valence electrons. The molecule has 0 saturated heterocycles. The molecular weight excluding hydrogens is 853 g/mol. The molecule has 0 saturated carbocycles. The standard InChI is InChI=1S/C63H120O6/c1-4-7-10-13-16-18-20-21-22-23-24-25-26-27-28-29-30-31-32-33-34-35-36-37-38-39-40-41-43-44-47-50-53-56-62(65)68-59-60(58-67-61(64)55-52-49-46-15-12-9-6-3)69-63(66)57-54-51-48-45-42-19-17-14-11-8-5-2/h14,17,60H,4-13,15-16,18-59H2,1-3H3/b17-14-. The van der Waals surface area contributed by atoms with Gasteiger partial charge >= 0.3 is 17.9 Å². The van der Waals surface area contributed by atoms with Crippen LogP contribution in [0.4, 0.5) is 0 Å². The van der Waals surface area contributed by atoms with E-state index < -0.39 is 6.10 Å². The molecular formula is C63H120O6. The van der Waals surface area contributed by atoms with Crippen molar-refractivity contribution in [1.29, 1.82) is 0 Å². The van der Waals surface area contributed by atoms with Crippen LogP contribution in [0.3, 0.4) is 0 Å². The third-order valence-electron chi connectivity index (χ3n) is 14.3. The first-order chi connectivity index (χ1) is 34.0. The lowest BCUT2D eigenvalue weighted by molar-refractivity contribution is -0.167. The van der Waals surface area contributed by atoms with Crippen molar-refractivity contribution < 1.29 is 28.6 Å². The number of hydrogen-bond donors (Lipinski definition) is 0. The maximum absolute atomic E-state index is 12.7. The Hall–Kier alpha value is -1.85. The lowest BCUT2D eigenvalue weighted by Crippen LogP contribution is -2.30. The highest BCUT2D eigenvalue weighted by Gasteiger charge is 2.19. The normalized spacial score (nSPS) is 12.0. The molecule has 0 radical (unpaired) electrons. The second-order valence-corrected chi connectivity index (χ2v) is 21.3. The Bertz CT molecular complexity index is 1070. The first kappa shape index (κ1) is 67.1. The van der Waals surface area contributed by atoms with E-state index >= 15 is 0 Å². The van der Waals surface area contributed by atoms with Gasteiger partial charge in [-0.15, -0.1) is 0 Å². The molecule has 0 aliphatic heterocycles. The van der Waals surface area contributed by atoms with E-state index in [0.717, 1.165) is 64.2 Å². The molecule has 1 unspecified atom stereocenters. The molecule has 0 amide bonds. The minimum absolute atomic E-state index is 0.0687. The van der Waals surface area contributed by atoms with Crippen LogP contribution in [-0.4, -0.2) is 37.2 Å². The van der Waals surface area contributed by atoms with E-state index in [1.807, 2.05) is 0 Å². The Morgan fingerprint density at radius 1 is 0.275 bits per heavy atom. The largest absolute Gasteiger partial charge is 0.462 e. The fourth-order valence-electron chi connectivity index (χ4n) is 9.55. The Morgan fingerprint density at radius 3 is 0.768 bits per heavy atom. The quantitative estimate of drug-likeness (QED) is 0.0261. The summed E-state index contributed by atoms with van der Waals surface area (Å²) in [5.74, 6) is -0.867. The highest BCUT2D eigenvalue weighted by atomic mass is 16.6. The van der Waals surface area contributed by atoms with Gasteiger partial charge in [-0.05, 0) is 38.5 Å². The molecule has 0 bridgehead atoms. The van der Waals surface area contributed by atoms with Gasteiger partial charge in [-0.3, -0.25) is 14.4 Å². The van der Waals surface area contributed by atoms with Crippen molar-refractivity contribution in [2.45, 2.75) is 361 Å². The summed E-state index contributed by atoms with van der Waals surface area (Å²) in [6, 6.07) is 0. The number of esters is 3.